The Morgan fingerprint density at radius 2 is 0.429 bits per heavy atom. The van der Waals surface area contributed by atoms with Crippen LogP contribution in [0.25, 0.3) is 0 Å². The number of hydrogen-bond acceptors (Lipinski definition) is 5. The van der Waals surface area contributed by atoms with Gasteiger partial charge in [0, 0.05) is 58.9 Å². The molecule has 5 nitrogen and oxygen atoms in total. The molecule has 0 spiro atoms. The van der Waals surface area contributed by atoms with E-state index in [0.29, 0.717) is 33.0 Å². The van der Waals surface area contributed by atoms with Gasteiger partial charge in [-0.3, -0.25) is 0 Å². The van der Waals surface area contributed by atoms with Gasteiger partial charge in [-0.25, -0.2) is 0 Å². The van der Waals surface area contributed by atoms with E-state index in [1.807, 2.05) is 34.6 Å². The van der Waals surface area contributed by atoms with Crippen LogP contribution in [0, 0.1) is 0 Å². The Morgan fingerprint density at radius 1 is 0.381 bits per heavy atom. The van der Waals surface area contributed by atoms with Crippen molar-refractivity contribution in [3.63, 3.8) is 0 Å². The van der Waals surface area contributed by atoms with E-state index in [0.717, 1.165) is 32.1 Å². The molecule has 0 aliphatic carbocycles. The van der Waals surface area contributed by atoms with Crippen molar-refractivity contribution < 1.29 is 51.4 Å². The van der Waals surface area contributed by atoms with Crippen LogP contribution in [0.5, 0.6) is 0 Å². The first-order chi connectivity index (χ1) is 9.57. The molecule has 0 saturated heterocycles. The predicted molar refractivity (Wildman–Crippen MR) is 86.9 cm³/mol. The predicted octanol–water partition coefficient (Wildman–Crippen LogP) is 1.94. The fourth-order valence-electron chi connectivity index (χ4n) is 0. The molecule has 0 radical (unpaired) electrons. The molecule has 0 bridgehead atoms. The Hall–Kier alpha value is 0.670. The van der Waals surface area contributed by atoms with Crippen LogP contribution in [-0.4, -0.2) is 58.6 Å². The fraction of sp³-hybridized carbons (Fsp3) is 1.00. The second-order valence-electron chi connectivity index (χ2n) is 3.62. The maximum Gasteiger partial charge on any atom is 0.0428 e. The van der Waals surface area contributed by atoms with E-state index in [2.05, 4.69) is 0 Å². The number of hydrogen-bond donors (Lipinski definition) is 5. The molecule has 0 amide bonds. The number of aliphatic hydroxyl groups is 5. The molecule has 21 heavy (non-hydrogen) atoms. The van der Waals surface area contributed by atoms with Crippen molar-refractivity contribution >= 4 is 0 Å². The number of rotatable bonds is 5. The summed E-state index contributed by atoms with van der Waals surface area (Å²) in [5.41, 5.74) is 0. The molecule has 0 rings (SSSR count). The molecule has 0 saturated carbocycles. The SMILES string of the molecule is CCCO.CCCO.CCCO.CCCO.CCCO.[Hf]. The van der Waals surface area contributed by atoms with Crippen molar-refractivity contribution in [3.05, 3.63) is 0 Å². The van der Waals surface area contributed by atoms with E-state index in [1.165, 1.54) is 0 Å². The van der Waals surface area contributed by atoms with Crippen molar-refractivity contribution in [2.45, 2.75) is 66.7 Å². The van der Waals surface area contributed by atoms with Gasteiger partial charge in [0.05, 0.1) is 0 Å². The third kappa shape index (κ3) is 224. The summed E-state index contributed by atoms with van der Waals surface area (Å²) in [6.45, 7) is 11.2. The zero-order chi connectivity index (χ0) is 17.1. The zero-order valence-electron chi connectivity index (χ0n) is 14.8. The Labute approximate surface area is 151 Å². The van der Waals surface area contributed by atoms with E-state index in [9.17, 15) is 0 Å². The largest absolute Gasteiger partial charge is 0.396 e. The summed E-state index contributed by atoms with van der Waals surface area (Å²) in [7, 11) is 0. The van der Waals surface area contributed by atoms with Gasteiger partial charge in [0.2, 0.25) is 0 Å². The van der Waals surface area contributed by atoms with E-state index in [1.54, 1.807) is 0 Å². The van der Waals surface area contributed by atoms with Gasteiger partial charge >= 0.3 is 0 Å². The van der Waals surface area contributed by atoms with Crippen LogP contribution >= 0.6 is 0 Å². The monoisotopic (exact) mass is 480 g/mol. The van der Waals surface area contributed by atoms with Crippen LogP contribution in [0.4, 0.5) is 0 Å². The van der Waals surface area contributed by atoms with Crippen LogP contribution in [0.15, 0.2) is 0 Å². The average Bonchev–Trinajstić information content (AvgIpc) is 2.55. The second kappa shape index (κ2) is 70.2. The van der Waals surface area contributed by atoms with Gasteiger partial charge in [-0.05, 0) is 32.1 Å². The van der Waals surface area contributed by atoms with E-state index in [4.69, 9.17) is 25.5 Å². The number of aliphatic hydroxyl groups excluding tert-OH is 5. The summed E-state index contributed by atoms with van der Waals surface area (Å²) in [4.78, 5) is 0. The molecule has 0 aliphatic rings. The standard InChI is InChI=1S/5C3H8O.Hf/c5*1-2-3-4;/h5*4H,2-3H2,1H3;. The molecule has 0 heterocycles. The summed E-state index contributed by atoms with van der Waals surface area (Å²) in [6, 6.07) is 0. The van der Waals surface area contributed by atoms with Gasteiger partial charge in [-0.15, -0.1) is 0 Å². The van der Waals surface area contributed by atoms with Crippen molar-refractivity contribution in [3.8, 4) is 0 Å². The van der Waals surface area contributed by atoms with Crippen molar-refractivity contribution in [2.75, 3.05) is 33.0 Å². The zero-order valence-corrected chi connectivity index (χ0v) is 18.4. The Kier molecular flexibility index (Phi) is 126. The topological polar surface area (TPSA) is 101 Å². The quantitative estimate of drug-likeness (QED) is 0.389. The summed E-state index contributed by atoms with van der Waals surface area (Å²) < 4.78 is 0. The van der Waals surface area contributed by atoms with E-state index >= 15 is 0 Å². The van der Waals surface area contributed by atoms with E-state index < -0.39 is 0 Å². The Balaban J connectivity index is -0.0000000331. The smallest absolute Gasteiger partial charge is 0.0428 e. The van der Waals surface area contributed by atoms with Crippen molar-refractivity contribution in [2.24, 2.45) is 0 Å². The first-order valence-corrected chi connectivity index (χ1v) is 7.62. The van der Waals surface area contributed by atoms with Crippen LogP contribution in [0.3, 0.4) is 0 Å². The molecule has 6 heteroatoms. The van der Waals surface area contributed by atoms with Crippen molar-refractivity contribution in [1.29, 1.82) is 0 Å². The third-order valence-corrected chi connectivity index (χ3v) is 1.12. The molecule has 0 atom stereocenters. The van der Waals surface area contributed by atoms with Crippen molar-refractivity contribution in [1.82, 2.24) is 0 Å². The van der Waals surface area contributed by atoms with Gasteiger partial charge in [-0.1, -0.05) is 34.6 Å². The molecule has 0 fully saturated rings. The molecule has 0 aliphatic heterocycles. The maximum absolute atomic E-state index is 7.88. The van der Waals surface area contributed by atoms with Gasteiger partial charge in [0.25, 0.3) is 0 Å². The molecule has 0 aromatic rings. The molecule has 5 N–H and O–H groups in total. The second-order valence-corrected chi connectivity index (χ2v) is 3.62. The Morgan fingerprint density at radius 3 is 0.429 bits per heavy atom. The molecule has 0 aromatic carbocycles. The van der Waals surface area contributed by atoms with Gasteiger partial charge in [0.15, 0.2) is 0 Å². The van der Waals surface area contributed by atoms with Crippen LogP contribution < -0.4 is 0 Å². The third-order valence-electron chi connectivity index (χ3n) is 1.12. The van der Waals surface area contributed by atoms with Gasteiger partial charge < -0.3 is 25.5 Å². The molecular formula is C15H40HfO5. The molecule has 0 aromatic heterocycles. The molecule has 0 unspecified atom stereocenters. The van der Waals surface area contributed by atoms with Crippen LogP contribution in [-0.2, 0) is 25.8 Å². The summed E-state index contributed by atoms with van der Waals surface area (Å²) >= 11 is 0. The van der Waals surface area contributed by atoms with Crippen LogP contribution in [0.1, 0.15) is 66.7 Å². The summed E-state index contributed by atoms with van der Waals surface area (Å²) in [5, 5.41) is 39.4. The fourth-order valence-corrected chi connectivity index (χ4v) is 0. The Bertz CT molecular complexity index is 55.2. The summed E-state index contributed by atoms with van der Waals surface area (Å²) in [6.07, 6.45) is 4.38. The van der Waals surface area contributed by atoms with E-state index in [-0.39, 0.29) is 25.8 Å². The normalized spacial score (nSPS) is 7.14. The summed E-state index contributed by atoms with van der Waals surface area (Å²) in [5.74, 6) is 0. The molecule has 134 valence electrons. The minimum absolute atomic E-state index is 0. The van der Waals surface area contributed by atoms with Crippen LogP contribution in [0.2, 0.25) is 0 Å². The minimum Gasteiger partial charge on any atom is -0.396 e. The van der Waals surface area contributed by atoms with Gasteiger partial charge in [0.1, 0.15) is 0 Å². The molecular weight excluding hydrogens is 439 g/mol. The minimum atomic E-state index is 0. The maximum atomic E-state index is 7.88. The average molecular weight is 479 g/mol. The first kappa shape index (κ1) is 37.7. The first-order valence-electron chi connectivity index (χ1n) is 7.62. The van der Waals surface area contributed by atoms with Gasteiger partial charge in [-0.2, -0.15) is 0 Å².